The number of amides is 2. The zero-order chi connectivity index (χ0) is 15.9. The van der Waals surface area contributed by atoms with Crippen molar-refractivity contribution in [3.05, 3.63) is 34.9 Å². The Morgan fingerprint density at radius 2 is 1.82 bits per heavy atom. The van der Waals surface area contributed by atoms with E-state index in [2.05, 4.69) is 10.6 Å². The molecule has 0 spiro atoms. The van der Waals surface area contributed by atoms with Crippen LogP contribution in [0.2, 0.25) is 0 Å². The summed E-state index contributed by atoms with van der Waals surface area (Å²) in [5.74, 6) is -0.186. The van der Waals surface area contributed by atoms with Crippen LogP contribution in [0.4, 0.5) is 0 Å². The zero-order valence-electron chi connectivity index (χ0n) is 13.6. The maximum absolute atomic E-state index is 12.0. The fraction of sp³-hybridized carbons (Fsp3) is 0.556. The van der Waals surface area contributed by atoms with Crippen molar-refractivity contribution >= 4 is 11.8 Å². The molecule has 0 unspecified atom stereocenters. The highest BCUT2D eigenvalue weighted by Crippen LogP contribution is 2.17. The number of nitrogens with one attached hydrogen (secondary N) is 2. The summed E-state index contributed by atoms with van der Waals surface area (Å²) >= 11 is 0. The summed E-state index contributed by atoms with van der Waals surface area (Å²) in [6.45, 7) is 4.08. The molecule has 0 atom stereocenters. The van der Waals surface area contributed by atoms with Gasteiger partial charge in [0.1, 0.15) is 0 Å². The molecule has 1 aliphatic rings. The van der Waals surface area contributed by atoms with Gasteiger partial charge < -0.3 is 10.6 Å². The van der Waals surface area contributed by atoms with Crippen molar-refractivity contribution < 1.29 is 9.59 Å². The van der Waals surface area contributed by atoms with E-state index in [9.17, 15) is 9.59 Å². The second-order valence-corrected chi connectivity index (χ2v) is 6.29. The summed E-state index contributed by atoms with van der Waals surface area (Å²) in [6.07, 6.45) is 6.07. The van der Waals surface area contributed by atoms with Crippen LogP contribution in [-0.2, 0) is 16.0 Å². The molecule has 0 saturated heterocycles. The van der Waals surface area contributed by atoms with Gasteiger partial charge in [0.05, 0.1) is 13.0 Å². The van der Waals surface area contributed by atoms with Gasteiger partial charge in [-0.15, -0.1) is 0 Å². The van der Waals surface area contributed by atoms with Gasteiger partial charge >= 0.3 is 0 Å². The van der Waals surface area contributed by atoms with Crippen LogP contribution in [0.5, 0.6) is 0 Å². The molecule has 22 heavy (non-hydrogen) atoms. The molecule has 4 nitrogen and oxygen atoms in total. The molecule has 1 aromatic carbocycles. The van der Waals surface area contributed by atoms with Gasteiger partial charge in [-0.3, -0.25) is 9.59 Å². The molecule has 0 aliphatic heterocycles. The lowest BCUT2D eigenvalue weighted by molar-refractivity contribution is -0.126. The predicted octanol–water partition coefficient (Wildman–Crippen LogP) is 2.41. The fourth-order valence-corrected chi connectivity index (χ4v) is 2.93. The van der Waals surface area contributed by atoms with Gasteiger partial charge in [-0.2, -0.15) is 0 Å². The molecule has 0 heterocycles. The highest BCUT2D eigenvalue weighted by Gasteiger charge is 2.16. The lowest BCUT2D eigenvalue weighted by Gasteiger charge is -2.22. The van der Waals surface area contributed by atoms with Gasteiger partial charge in [-0.25, -0.2) is 0 Å². The van der Waals surface area contributed by atoms with E-state index in [1.54, 1.807) is 0 Å². The first-order valence-corrected chi connectivity index (χ1v) is 8.17. The molecule has 2 amide bonds. The van der Waals surface area contributed by atoms with E-state index in [1.165, 1.54) is 19.3 Å². The Hall–Kier alpha value is -1.84. The van der Waals surface area contributed by atoms with Gasteiger partial charge in [0.15, 0.2) is 0 Å². The standard InChI is InChI=1S/C18H26N2O2/c1-13-8-9-14(2)15(10-13)11-17(21)19-12-18(22)20-16-6-4-3-5-7-16/h8-10,16H,3-7,11-12H2,1-2H3,(H,19,21)(H,20,22). The number of hydrogen-bond acceptors (Lipinski definition) is 2. The van der Waals surface area contributed by atoms with Gasteiger partial charge in [-0.1, -0.05) is 43.0 Å². The van der Waals surface area contributed by atoms with Crippen LogP contribution in [-0.4, -0.2) is 24.4 Å². The highest BCUT2D eigenvalue weighted by molar-refractivity contribution is 5.86. The molecule has 4 heteroatoms. The molecule has 1 aliphatic carbocycles. The summed E-state index contributed by atoms with van der Waals surface area (Å²) in [6, 6.07) is 6.37. The second-order valence-electron chi connectivity index (χ2n) is 6.29. The molecule has 2 N–H and O–H groups in total. The number of hydrogen-bond donors (Lipinski definition) is 2. The van der Waals surface area contributed by atoms with Gasteiger partial charge in [0.25, 0.3) is 0 Å². The van der Waals surface area contributed by atoms with Crippen LogP contribution in [0.15, 0.2) is 18.2 Å². The van der Waals surface area contributed by atoms with Crippen LogP contribution in [0, 0.1) is 13.8 Å². The lowest BCUT2D eigenvalue weighted by atomic mass is 9.95. The Labute approximate surface area is 132 Å². The zero-order valence-corrected chi connectivity index (χ0v) is 13.6. The minimum atomic E-state index is -0.104. The Morgan fingerprint density at radius 1 is 1.09 bits per heavy atom. The third kappa shape index (κ3) is 5.17. The molecule has 120 valence electrons. The maximum Gasteiger partial charge on any atom is 0.239 e. The van der Waals surface area contributed by atoms with E-state index in [-0.39, 0.29) is 24.4 Å². The number of aryl methyl sites for hydroxylation is 2. The molecule has 0 bridgehead atoms. The largest absolute Gasteiger partial charge is 0.352 e. The first-order chi connectivity index (χ1) is 10.5. The van der Waals surface area contributed by atoms with E-state index >= 15 is 0 Å². The molecule has 0 aromatic heterocycles. The minimum absolute atomic E-state index is 0.0696. The first-order valence-electron chi connectivity index (χ1n) is 8.17. The van der Waals surface area contributed by atoms with E-state index < -0.39 is 0 Å². The van der Waals surface area contributed by atoms with Crippen molar-refractivity contribution in [3.63, 3.8) is 0 Å². The Bertz CT molecular complexity index is 534. The van der Waals surface area contributed by atoms with Crippen molar-refractivity contribution in [1.82, 2.24) is 10.6 Å². The van der Waals surface area contributed by atoms with Crippen molar-refractivity contribution in [2.75, 3.05) is 6.54 Å². The second kappa shape index (κ2) is 7.97. The summed E-state index contributed by atoms with van der Waals surface area (Å²) in [5, 5.41) is 5.72. The van der Waals surface area contributed by atoms with Gasteiger partial charge in [0.2, 0.25) is 11.8 Å². The van der Waals surface area contributed by atoms with E-state index in [0.717, 1.165) is 29.5 Å². The van der Waals surface area contributed by atoms with Crippen LogP contribution < -0.4 is 10.6 Å². The lowest BCUT2D eigenvalue weighted by Crippen LogP contribution is -2.43. The Balaban J connectivity index is 1.75. The quantitative estimate of drug-likeness (QED) is 0.877. The van der Waals surface area contributed by atoms with Crippen molar-refractivity contribution in [3.8, 4) is 0 Å². The maximum atomic E-state index is 12.0. The average molecular weight is 302 g/mol. The molecule has 1 saturated carbocycles. The SMILES string of the molecule is Cc1ccc(C)c(CC(=O)NCC(=O)NC2CCCCC2)c1. The topological polar surface area (TPSA) is 58.2 Å². The Morgan fingerprint density at radius 3 is 2.55 bits per heavy atom. The molecule has 2 rings (SSSR count). The third-order valence-corrected chi connectivity index (χ3v) is 4.27. The van der Waals surface area contributed by atoms with Crippen molar-refractivity contribution in [2.24, 2.45) is 0 Å². The predicted molar refractivity (Wildman–Crippen MR) is 87.6 cm³/mol. The number of rotatable bonds is 5. The summed E-state index contributed by atoms with van der Waals surface area (Å²) in [4.78, 5) is 23.8. The van der Waals surface area contributed by atoms with Crippen LogP contribution in [0.1, 0.15) is 48.8 Å². The van der Waals surface area contributed by atoms with Crippen LogP contribution in [0.3, 0.4) is 0 Å². The summed E-state index contributed by atoms with van der Waals surface area (Å²) in [5.41, 5.74) is 3.26. The van der Waals surface area contributed by atoms with Gasteiger partial charge in [0, 0.05) is 6.04 Å². The molecule has 1 fully saturated rings. The van der Waals surface area contributed by atoms with Crippen molar-refractivity contribution in [2.45, 2.75) is 58.4 Å². The van der Waals surface area contributed by atoms with E-state index in [4.69, 9.17) is 0 Å². The molecule has 0 radical (unpaired) electrons. The number of carbonyl (C=O) groups excluding carboxylic acids is 2. The highest BCUT2D eigenvalue weighted by atomic mass is 16.2. The number of carbonyl (C=O) groups is 2. The van der Waals surface area contributed by atoms with E-state index in [1.807, 2.05) is 32.0 Å². The Kier molecular flexibility index (Phi) is 5.99. The fourth-order valence-electron chi connectivity index (χ4n) is 2.93. The monoisotopic (exact) mass is 302 g/mol. The minimum Gasteiger partial charge on any atom is -0.352 e. The van der Waals surface area contributed by atoms with Crippen molar-refractivity contribution in [1.29, 1.82) is 0 Å². The molecule has 1 aromatic rings. The van der Waals surface area contributed by atoms with Gasteiger partial charge in [-0.05, 0) is 37.8 Å². The smallest absolute Gasteiger partial charge is 0.239 e. The average Bonchev–Trinajstić information content (AvgIpc) is 2.50. The molecular weight excluding hydrogens is 276 g/mol. The molecular formula is C18H26N2O2. The normalized spacial score (nSPS) is 15.4. The third-order valence-electron chi connectivity index (χ3n) is 4.27. The van der Waals surface area contributed by atoms with Crippen LogP contribution in [0.25, 0.3) is 0 Å². The van der Waals surface area contributed by atoms with E-state index in [0.29, 0.717) is 6.42 Å². The summed E-state index contributed by atoms with van der Waals surface area (Å²) in [7, 11) is 0. The van der Waals surface area contributed by atoms with Crippen LogP contribution >= 0.6 is 0 Å². The number of benzene rings is 1. The first kappa shape index (κ1) is 16.5. The summed E-state index contributed by atoms with van der Waals surface area (Å²) < 4.78 is 0.